The van der Waals surface area contributed by atoms with E-state index >= 15 is 0 Å². The highest BCUT2D eigenvalue weighted by Crippen LogP contribution is 2.28. The summed E-state index contributed by atoms with van der Waals surface area (Å²) in [6, 6.07) is 8.01. The zero-order valence-electron chi connectivity index (χ0n) is 12.0. The molecule has 2 N–H and O–H groups in total. The summed E-state index contributed by atoms with van der Waals surface area (Å²) < 4.78 is 5.27. The molecule has 0 saturated heterocycles. The number of aromatic carboxylic acids is 1. The number of hydrogen-bond donors (Lipinski definition) is 2. The third kappa shape index (κ3) is 3.24. The van der Waals surface area contributed by atoms with Crippen molar-refractivity contribution >= 4 is 28.7 Å². The number of carboxylic acids is 1. The van der Waals surface area contributed by atoms with Gasteiger partial charge in [-0.25, -0.2) is 4.79 Å². The molecular formula is C16H19NO3S. The van der Waals surface area contributed by atoms with E-state index in [1.165, 1.54) is 19.3 Å². The van der Waals surface area contributed by atoms with Crippen LogP contribution in [0.25, 0.3) is 11.0 Å². The summed E-state index contributed by atoms with van der Waals surface area (Å²) >= 11 is 1.96. The van der Waals surface area contributed by atoms with Crippen molar-refractivity contribution in [2.75, 3.05) is 6.26 Å². The van der Waals surface area contributed by atoms with Crippen molar-refractivity contribution in [2.24, 2.45) is 0 Å². The average Bonchev–Trinajstić information content (AvgIpc) is 3.11. The maximum absolute atomic E-state index is 10.9. The van der Waals surface area contributed by atoms with E-state index in [-0.39, 0.29) is 5.76 Å². The molecule has 1 aromatic heterocycles. The minimum Gasteiger partial charge on any atom is -0.475 e. The smallest absolute Gasteiger partial charge is 0.371 e. The molecule has 21 heavy (non-hydrogen) atoms. The second kappa shape index (κ2) is 6.12. The average molecular weight is 305 g/mol. The Morgan fingerprint density at radius 2 is 2.29 bits per heavy atom. The Kier molecular flexibility index (Phi) is 4.22. The second-order valence-electron chi connectivity index (χ2n) is 5.54. The molecule has 1 aromatic carbocycles. The van der Waals surface area contributed by atoms with Gasteiger partial charge in [0.25, 0.3) is 0 Å². The lowest BCUT2D eigenvalue weighted by Crippen LogP contribution is -2.26. The van der Waals surface area contributed by atoms with Gasteiger partial charge in [0, 0.05) is 23.2 Å². The number of carbonyl (C=O) groups is 1. The van der Waals surface area contributed by atoms with E-state index in [0.29, 0.717) is 11.6 Å². The van der Waals surface area contributed by atoms with Crippen molar-refractivity contribution in [1.82, 2.24) is 5.32 Å². The normalized spacial score (nSPS) is 22.0. The lowest BCUT2D eigenvalue weighted by Gasteiger charge is -2.12. The molecule has 0 bridgehead atoms. The van der Waals surface area contributed by atoms with E-state index in [1.807, 2.05) is 30.0 Å². The van der Waals surface area contributed by atoms with Crippen LogP contribution in [0.2, 0.25) is 0 Å². The van der Waals surface area contributed by atoms with Crippen LogP contribution >= 0.6 is 11.8 Å². The number of furan rings is 1. The first-order chi connectivity index (χ1) is 10.2. The topological polar surface area (TPSA) is 62.5 Å². The van der Waals surface area contributed by atoms with Crippen molar-refractivity contribution < 1.29 is 14.3 Å². The number of fused-ring (bicyclic) bond motifs is 1. The second-order valence-corrected chi connectivity index (χ2v) is 6.67. The molecular weight excluding hydrogens is 286 g/mol. The van der Waals surface area contributed by atoms with E-state index in [1.54, 1.807) is 6.07 Å². The molecule has 2 unspecified atom stereocenters. The van der Waals surface area contributed by atoms with Crippen LogP contribution in [0.1, 0.15) is 35.4 Å². The minimum absolute atomic E-state index is 0.00582. The zero-order valence-corrected chi connectivity index (χ0v) is 12.8. The van der Waals surface area contributed by atoms with Crippen LogP contribution in [0.5, 0.6) is 0 Å². The van der Waals surface area contributed by atoms with Crippen LogP contribution < -0.4 is 5.32 Å². The van der Waals surface area contributed by atoms with Gasteiger partial charge in [-0.1, -0.05) is 6.07 Å². The third-order valence-electron chi connectivity index (χ3n) is 4.10. The molecule has 0 spiro atoms. The standard InChI is InChI=1S/C16H19NO3S/c1-21-13-4-3-12(8-13)17-9-10-2-5-14-11(6-10)7-15(20-14)16(18)19/h2,5-7,12-13,17H,3-4,8-9H2,1H3,(H,18,19). The molecule has 3 rings (SSSR count). The largest absolute Gasteiger partial charge is 0.475 e. The van der Waals surface area contributed by atoms with Gasteiger partial charge in [-0.05, 0) is 49.3 Å². The minimum atomic E-state index is -1.03. The van der Waals surface area contributed by atoms with Gasteiger partial charge in [0.1, 0.15) is 5.58 Å². The van der Waals surface area contributed by atoms with Crippen molar-refractivity contribution in [3.63, 3.8) is 0 Å². The van der Waals surface area contributed by atoms with Crippen molar-refractivity contribution in [2.45, 2.75) is 37.1 Å². The van der Waals surface area contributed by atoms with Gasteiger partial charge in [-0.3, -0.25) is 0 Å². The summed E-state index contributed by atoms with van der Waals surface area (Å²) in [6.07, 6.45) is 5.95. The first-order valence-electron chi connectivity index (χ1n) is 7.17. The predicted molar refractivity (Wildman–Crippen MR) is 85.0 cm³/mol. The summed E-state index contributed by atoms with van der Waals surface area (Å²) in [4.78, 5) is 10.9. The maximum Gasteiger partial charge on any atom is 0.371 e. The fourth-order valence-corrected chi connectivity index (χ4v) is 3.71. The molecule has 1 aliphatic carbocycles. The lowest BCUT2D eigenvalue weighted by atomic mass is 10.1. The molecule has 1 fully saturated rings. The summed E-state index contributed by atoms with van der Waals surface area (Å²) in [5, 5.41) is 14.2. The molecule has 1 heterocycles. The molecule has 0 amide bonds. The van der Waals surface area contributed by atoms with E-state index < -0.39 is 5.97 Å². The van der Waals surface area contributed by atoms with Crippen LogP contribution in [-0.2, 0) is 6.54 Å². The zero-order chi connectivity index (χ0) is 14.8. The monoisotopic (exact) mass is 305 g/mol. The van der Waals surface area contributed by atoms with Gasteiger partial charge in [0.2, 0.25) is 5.76 Å². The van der Waals surface area contributed by atoms with Gasteiger partial charge >= 0.3 is 5.97 Å². The molecule has 1 saturated carbocycles. The molecule has 112 valence electrons. The number of rotatable bonds is 5. The van der Waals surface area contributed by atoms with Crippen LogP contribution in [0.3, 0.4) is 0 Å². The molecule has 2 atom stereocenters. The van der Waals surface area contributed by atoms with Gasteiger partial charge in [0.05, 0.1) is 0 Å². The first-order valence-corrected chi connectivity index (χ1v) is 8.46. The Hall–Kier alpha value is -1.46. The Morgan fingerprint density at radius 1 is 1.43 bits per heavy atom. The first kappa shape index (κ1) is 14.5. The summed E-state index contributed by atoms with van der Waals surface area (Å²) in [7, 11) is 0. The molecule has 5 heteroatoms. The highest BCUT2D eigenvalue weighted by atomic mass is 32.2. The number of carboxylic acid groups (broad SMARTS) is 1. The van der Waals surface area contributed by atoms with Crippen molar-refractivity contribution in [3.8, 4) is 0 Å². The lowest BCUT2D eigenvalue weighted by molar-refractivity contribution is 0.0665. The quantitative estimate of drug-likeness (QED) is 0.885. The van der Waals surface area contributed by atoms with Gasteiger partial charge < -0.3 is 14.8 Å². The Labute approximate surface area is 127 Å². The number of nitrogens with one attached hydrogen (secondary N) is 1. The molecule has 4 nitrogen and oxygen atoms in total. The Balaban J connectivity index is 1.66. The van der Waals surface area contributed by atoms with E-state index in [9.17, 15) is 4.79 Å². The predicted octanol–water partition coefficient (Wildman–Crippen LogP) is 3.50. The maximum atomic E-state index is 10.9. The van der Waals surface area contributed by atoms with Crippen LogP contribution in [-0.4, -0.2) is 28.6 Å². The fourth-order valence-electron chi connectivity index (χ4n) is 2.91. The van der Waals surface area contributed by atoms with Gasteiger partial charge in [-0.2, -0.15) is 11.8 Å². The van der Waals surface area contributed by atoms with Crippen molar-refractivity contribution in [1.29, 1.82) is 0 Å². The fraction of sp³-hybridized carbons (Fsp3) is 0.438. The summed E-state index contributed by atoms with van der Waals surface area (Å²) in [6.45, 7) is 0.815. The third-order valence-corrected chi connectivity index (χ3v) is 5.20. The van der Waals surface area contributed by atoms with E-state index in [4.69, 9.17) is 9.52 Å². The molecule has 2 aromatic rings. The Bertz CT molecular complexity index is 652. The number of benzene rings is 1. The SMILES string of the molecule is CSC1CCC(NCc2ccc3oc(C(=O)O)cc3c2)C1. The molecule has 1 aliphatic rings. The van der Waals surface area contributed by atoms with E-state index in [0.717, 1.165) is 22.7 Å². The molecule has 0 radical (unpaired) electrons. The molecule has 0 aliphatic heterocycles. The van der Waals surface area contributed by atoms with Crippen molar-refractivity contribution in [3.05, 3.63) is 35.6 Å². The van der Waals surface area contributed by atoms with Gasteiger partial charge in [0.15, 0.2) is 0 Å². The highest BCUT2D eigenvalue weighted by Gasteiger charge is 2.23. The van der Waals surface area contributed by atoms with Gasteiger partial charge in [-0.15, -0.1) is 0 Å². The van der Waals surface area contributed by atoms with Crippen LogP contribution in [0, 0.1) is 0 Å². The highest BCUT2D eigenvalue weighted by molar-refractivity contribution is 7.99. The number of thioether (sulfide) groups is 1. The summed E-state index contributed by atoms with van der Waals surface area (Å²) in [5.41, 5.74) is 1.78. The van der Waals surface area contributed by atoms with E-state index in [2.05, 4.69) is 11.6 Å². The Morgan fingerprint density at radius 3 is 3.00 bits per heavy atom. The number of hydrogen-bond acceptors (Lipinski definition) is 4. The summed E-state index contributed by atoms with van der Waals surface area (Å²) in [5.74, 6) is -1.03. The van der Waals surface area contributed by atoms with Crippen LogP contribution in [0.15, 0.2) is 28.7 Å². The van der Waals surface area contributed by atoms with Crippen LogP contribution in [0.4, 0.5) is 0 Å².